The number of carbonyl (C=O) groups is 2. The normalized spacial score (nSPS) is 25.9. The fraction of sp³-hybridized carbons (Fsp3) is 0.409. The molecule has 2 aliphatic heterocycles. The third-order valence-corrected chi connectivity index (χ3v) is 5.76. The van der Waals surface area contributed by atoms with Crippen LogP contribution in [-0.2, 0) is 19.0 Å². The number of hydrogen-bond donors (Lipinski definition) is 3. The molecule has 12 heteroatoms. The molecule has 0 radical (unpaired) electrons. The standard InChI is InChI=1S/C22H24N6O6/c1-2-23-22(31)27-18-15-19(25-10-24-18)28(11-26-15)20-17-16(13(32-20)8-9-14(29)30)33-21(34-17)12-6-4-3-5-7-12/h3-7,10-11,13,16-17,20-21H,2,8-9H2,1H3,(H,29,30)(H2,23,24,25,27,31)/t13-,16?,17-,20?,21+/m0/s1. The Kier molecular flexibility index (Phi) is 6.09. The van der Waals surface area contributed by atoms with Crippen LogP contribution in [0, 0.1) is 0 Å². The number of aliphatic carboxylic acids is 1. The molecule has 1 aromatic carbocycles. The molecule has 2 aliphatic rings. The number of benzene rings is 1. The van der Waals surface area contributed by atoms with Crippen molar-refractivity contribution in [2.24, 2.45) is 0 Å². The van der Waals surface area contributed by atoms with E-state index >= 15 is 0 Å². The first-order valence-electron chi connectivity index (χ1n) is 11.0. The highest BCUT2D eigenvalue weighted by Crippen LogP contribution is 2.45. The van der Waals surface area contributed by atoms with Crippen LogP contribution in [0.25, 0.3) is 11.2 Å². The number of nitrogens with zero attached hydrogens (tertiary/aromatic N) is 4. The lowest BCUT2D eigenvalue weighted by Gasteiger charge is -2.21. The minimum Gasteiger partial charge on any atom is -0.481 e. The van der Waals surface area contributed by atoms with Gasteiger partial charge in [-0.15, -0.1) is 0 Å². The number of carbonyl (C=O) groups excluding carboxylic acids is 1. The van der Waals surface area contributed by atoms with E-state index in [-0.39, 0.29) is 18.7 Å². The number of amides is 2. The van der Waals surface area contributed by atoms with E-state index in [0.717, 1.165) is 5.56 Å². The van der Waals surface area contributed by atoms with Crippen molar-refractivity contribution in [1.82, 2.24) is 24.8 Å². The van der Waals surface area contributed by atoms with Gasteiger partial charge < -0.3 is 24.6 Å². The van der Waals surface area contributed by atoms with Crippen molar-refractivity contribution >= 4 is 29.0 Å². The topological polar surface area (TPSA) is 150 Å². The summed E-state index contributed by atoms with van der Waals surface area (Å²) in [5.41, 5.74) is 1.69. The Hall–Kier alpha value is -3.61. The number of aromatic nitrogens is 4. The molecule has 3 N–H and O–H groups in total. The third-order valence-electron chi connectivity index (χ3n) is 5.76. The van der Waals surface area contributed by atoms with Crippen LogP contribution in [0.2, 0.25) is 0 Å². The van der Waals surface area contributed by atoms with Gasteiger partial charge in [0.1, 0.15) is 18.5 Å². The van der Waals surface area contributed by atoms with Gasteiger partial charge in [0, 0.05) is 18.5 Å². The number of carboxylic acid groups (broad SMARTS) is 1. The second kappa shape index (κ2) is 9.33. The molecule has 0 bridgehead atoms. The smallest absolute Gasteiger partial charge is 0.320 e. The molecule has 5 rings (SSSR count). The molecular weight excluding hydrogens is 444 g/mol. The van der Waals surface area contributed by atoms with Crippen LogP contribution in [0.4, 0.5) is 10.6 Å². The lowest BCUT2D eigenvalue weighted by molar-refractivity contribution is -0.151. The highest BCUT2D eigenvalue weighted by molar-refractivity contribution is 5.95. The van der Waals surface area contributed by atoms with Crippen LogP contribution in [0.1, 0.15) is 37.8 Å². The number of ether oxygens (including phenoxy) is 3. The van der Waals surface area contributed by atoms with Crippen molar-refractivity contribution in [3.63, 3.8) is 0 Å². The number of fused-ring (bicyclic) bond motifs is 2. The van der Waals surface area contributed by atoms with E-state index in [1.807, 2.05) is 37.3 Å². The Labute approximate surface area is 194 Å². The number of hydrogen-bond acceptors (Lipinski definition) is 8. The zero-order valence-corrected chi connectivity index (χ0v) is 18.3. The Morgan fingerprint density at radius 1 is 1.09 bits per heavy atom. The van der Waals surface area contributed by atoms with Gasteiger partial charge >= 0.3 is 12.0 Å². The van der Waals surface area contributed by atoms with Crippen LogP contribution in [-0.4, -0.2) is 61.5 Å². The average molecular weight is 468 g/mol. The van der Waals surface area contributed by atoms with E-state index in [1.165, 1.54) is 6.33 Å². The maximum Gasteiger partial charge on any atom is 0.320 e. The highest BCUT2D eigenvalue weighted by Gasteiger charge is 2.53. The number of anilines is 1. The van der Waals surface area contributed by atoms with Gasteiger partial charge in [-0.3, -0.25) is 14.7 Å². The fourth-order valence-electron chi connectivity index (χ4n) is 4.27. The van der Waals surface area contributed by atoms with E-state index in [1.54, 1.807) is 10.9 Å². The molecule has 0 aliphatic carbocycles. The number of carboxylic acids is 1. The SMILES string of the molecule is CCNC(=O)Nc1ncnc2c1ncn2C1O[C@@H](CCC(=O)O)C2O[C@@H](c3ccccc3)O[C@@H]21. The lowest BCUT2D eigenvalue weighted by Crippen LogP contribution is -2.29. The van der Waals surface area contributed by atoms with E-state index in [4.69, 9.17) is 14.2 Å². The second-order valence-corrected chi connectivity index (χ2v) is 7.97. The van der Waals surface area contributed by atoms with E-state index in [0.29, 0.717) is 17.7 Å². The molecule has 2 saturated heterocycles. The third kappa shape index (κ3) is 4.18. The van der Waals surface area contributed by atoms with Crippen LogP contribution in [0.3, 0.4) is 0 Å². The molecule has 5 atom stereocenters. The van der Waals surface area contributed by atoms with Gasteiger partial charge in [0.2, 0.25) is 0 Å². The molecule has 2 unspecified atom stereocenters. The molecule has 4 heterocycles. The van der Waals surface area contributed by atoms with Gasteiger partial charge in [-0.1, -0.05) is 30.3 Å². The van der Waals surface area contributed by atoms with Crippen molar-refractivity contribution in [3.8, 4) is 0 Å². The first kappa shape index (κ1) is 22.2. The summed E-state index contributed by atoms with van der Waals surface area (Å²) in [5, 5.41) is 14.5. The summed E-state index contributed by atoms with van der Waals surface area (Å²) in [6.07, 6.45) is 0.337. The molecule has 12 nitrogen and oxygen atoms in total. The second-order valence-electron chi connectivity index (χ2n) is 7.97. The zero-order chi connectivity index (χ0) is 23.7. The van der Waals surface area contributed by atoms with Crippen molar-refractivity contribution < 1.29 is 28.9 Å². The Balaban J connectivity index is 1.45. The summed E-state index contributed by atoms with van der Waals surface area (Å²) in [4.78, 5) is 36.0. The molecule has 2 fully saturated rings. The fourth-order valence-corrected chi connectivity index (χ4v) is 4.27. The highest BCUT2D eigenvalue weighted by atomic mass is 16.8. The molecule has 3 aromatic rings. The predicted molar refractivity (Wildman–Crippen MR) is 118 cm³/mol. The van der Waals surface area contributed by atoms with Crippen LogP contribution < -0.4 is 10.6 Å². The van der Waals surface area contributed by atoms with Crippen LogP contribution in [0.15, 0.2) is 43.0 Å². The van der Waals surface area contributed by atoms with Gasteiger partial charge in [0.25, 0.3) is 0 Å². The molecule has 34 heavy (non-hydrogen) atoms. The van der Waals surface area contributed by atoms with Gasteiger partial charge in [-0.25, -0.2) is 19.7 Å². The zero-order valence-electron chi connectivity index (χ0n) is 18.3. The molecule has 0 saturated carbocycles. The number of imidazole rings is 1. The lowest BCUT2D eigenvalue weighted by atomic mass is 10.1. The van der Waals surface area contributed by atoms with Gasteiger partial charge in [-0.05, 0) is 13.3 Å². The first-order chi connectivity index (χ1) is 16.5. The molecule has 2 aromatic heterocycles. The van der Waals surface area contributed by atoms with Crippen LogP contribution >= 0.6 is 0 Å². The van der Waals surface area contributed by atoms with Crippen molar-refractivity contribution in [1.29, 1.82) is 0 Å². The molecule has 2 amide bonds. The number of nitrogens with one attached hydrogen (secondary N) is 2. The van der Waals surface area contributed by atoms with E-state index in [2.05, 4.69) is 25.6 Å². The minimum atomic E-state index is -0.913. The van der Waals surface area contributed by atoms with E-state index in [9.17, 15) is 14.7 Å². The van der Waals surface area contributed by atoms with Gasteiger partial charge in [0.15, 0.2) is 29.5 Å². The maximum atomic E-state index is 12.0. The Morgan fingerprint density at radius 2 is 1.88 bits per heavy atom. The van der Waals surface area contributed by atoms with Crippen molar-refractivity contribution in [3.05, 3.63) is 48.5 Å². The van der Waals surface area contributed by atoms with Gasteiger partial charge in [0.05, 0.1) is 12.4 Å². The summed E-state index contributed by atoms with van der Waals surface area (Å²) in [6.45, 7) is 2.27. The summed E-state index contributed by atoms with van der Waals surface area (Å²) in [5.74, 6) is -0.651. The monoisotopic (exact) mass is 468 g/mol. The maximum absolute atomic E-state index is 12.0. The Morgan fingerprint density at radius 3 is 2.65 bits per heavy atom. The number of urea groups is 1. The van der Waals surface area contributed by atoms with Gasteiger partial charge in [-0.2, -0.15) is 0 Å². The average Bonchev–Trinajstić information content (AvgIpc) is 3.53. The molecule has 0 spiro atoms. The predicted octanol–water partition coefficient (Wildman–Crippen LogP) is 2.21. The van der Waals surface area contributed by atoms with Crippen molar-refractivity contribution in [2.75, 3.05) is 11.9 Å². The quantitative estimate of drug-likeness (QED) is 0.474. The Bertz CT molecular complexity index is 1190. The van der Waals surface area contributed by atoms with E-state index < -0.39 is 42.8 Å². The minimum absolute atomic E-state index is 0.0621. The summed E-state index contributed by atoms with van der Waals surface area (Å²) in [6, 6.07) is 9.12. The summed E-state index contributed by atoms with van der Waals surface area (Å²) >= 11 is 0. The number of rotatable bonds is 7. The largest absolute Gasteiger partial charge is 0.481 e. The first-order valence-corrected chi connectivity index (χ1v) is 11.0. The summed E-state index contributed by atoms with van der Waals surface area (Å²) in [7, 11) is 0. The molecular formula is C22H24N6O6. The van der Waals surface area contributed by atoms with Crippen LogP contribution in [0.5, 0.6) is 0 Å². The van der Waals surface area contributed by atoms with Crippen molar-refractivity contribution in [2.45, 2.75) is 50.6 Å². The summed E-state index contributed by atoms with van der Waals surface area (Å²) < 4.78 is 20.4. The molecule has 178 valence electrons.